The van der Waals surface area contributed by atoms with Gasteiger partial charge in [0.2, 0.25) is 0 Å². The molecule has 0 spiro atoms. The van der Waals surface area contributed by atoms with Crippen LogP contribution in [0.15, 0.2) is 22.8 Å². The fourth-order valence-corrected chi connectivity index (χ4v) is 2.10. The molecule has 0 aromatic carbocycles. The van der Waals surface area contributed by atoms with Crippen LogP contribution in [0.4, 0.5) is 0 Å². The number of aromatic nitrogens is 1. The lowest BCUT2D eigenvalue weighted by atomic mass is 10.2. The summed E-state index contributed by atoms with van der Waals surface area (Å²) in [5.41, 5.74) is 0.758. The summed E-state index contributed by atoms with van der Waals surface area (Å²) in [7, 11) is 0. The Hall–Kier alpha value is -0.720. The van der Waals surface area contributed by atoms with Gasteiger partial charge in [-0.05, 0) is 68.0 Å². The highest BCUT2D eigenvalue weighted by molar-refractivity contribution is 9.10. The predicted molar refractivity (Wildman–Crippen MR) is 89.8 cm³/mol. The number of hydrogen-bond donors (Lipinski definition) is 2. The zero-order chi connectivity index (χ0) is 15.2. The lowest BCUT2D eigenvalue weighted by Gasteiger charge is -2.22. The molecular weight excluding hydrogens is 338 g/mol. The van der Waals surface area contributed by atoms with Crippen LogP contribution in [0.2, 0.25) is 0 Å². The van der Waals surface area contributed by atoms with E-state index in [0.717, 1.165) is 23.3 Å². The number of nitrogens with one attached hydrogen (secondary N) is 2. The van der Waals surface area contributed by atoms with Crippen molar-refractivity contribution in [2.45, 2.75) is 39.3 Å². The summed E-state index contributed by atoms with van der Waals surface area (Å²) in [6, 6.07) is 4.19. The lowest BCUT2D eigenvalue weighted by Crippen LogP contribution is -2.36. The van der Waals surface area contributed by atoms with Gasteiger partial charge in [0.25, 0.3) is 5.17 Å². The first-order valence-electron chi connectivity index (χ1n) is 6.59. The van der Waals surface area contributed by atoms with E-state index in [1.165, 1.54) is 0 Å². The van der Waals surface area contributed by atoms with Crippen molar-refractivity contribution in [1.29, 1.82) is 0 Å². The summed E-state index contributed by atoms with van der Waals surface area (Å²) in [6.07, 6.45) is 1.80. The molecule has 0 amide bonds. The van der Waals surface area contributed by atoms with Crippen molar-refractivity contribution in [2.75, 3.05) is 13.1 Å². The van der Waals surface area contributed by atoms with Gasteiger partial charge in [0.15, 0.2) is 0 Å². The van der Waals surface area contributed by atoms with Crippen molar-refractivity contribution in [1.82, 2.24) is 15.6 Å². The van der Waals surface area contributed by atoms with Gasteiger partial charge >= 0.3 is 0 Å². The molecule has 1 rings (SSSR count). The fourth-order valence-electron chi connectivity index (χ4n) is 1.52. The molecule has 2 N–H and O–H groups in total. The standard InChI is InChI=1S/C14H22BrN3OS/c1-10(12-6-5-11(15)9-18-12)16-7-8-17-13(20)19-14(2,3)4/h5-6,9-10,16H,7-8H2,1-4H3,(H,17,20). The average molecular weight is 360 g/mol. The van der Waals surface area contributed by atoms with E-state index in [1.807, 2.05) is 32.9 Å². The third kappa shape index (κ3) is 7.17. The Morgan fingerprint density at radius 2 is 2.10 bits per heavy atom. The van der Waals surface area contributed by atoms with Crippen LogP contribution >= 0.6 is 28.1 Å². The second kappa shape index (κ2) is 7.90. The molecule has 0 saturated heterocycles. The first kappa shape index (κ1) is 17.3. The highest BCUT2D eigenvalue weighted by Gasteiger charge is 2.13. The number of ether oxygens (including phenoxy) is 1. The van der Waals surface area contributed by atoms with Crippen LogP contribution in [0.5, 0.6) is 0 Å². The Morgan fingerprint density at radius 1 is 1.40 bits per heavy atom. The van der Waals surface area contributed by atoms with Gasteiger partial charge in [-0.3, -0.25) is 4.98 Å². The number of pyridine rings is 1. The predicted octanol–water partition coefficient (Wildman–Crippen LogP) is 3.18. The van der Waals surface area contributed by atoms with Gasteiger partial charge < -0.3 is 15.4 Å². The molecule has 1 aromatic heterocycles. The Bertz CT molecular complexity index is 431. The molecule has 0 bridgehead atoms. The van der Waals surface area contributed by atoms with E-state index in [9.17, 15) is 0 Å². The van der Waals surface area contributed by atoms with E-state index in [2.05, 4.69) is 38.5 Å². The topological polar surface area (TPSA) is 46.2 Å². The summed E-state index contributed by atoms with van der Waals surface area (Å²) in [5.74, 6) is 0. The molecule has 4 nitrogen and oxygen atoms in total. The van der Waals surface area contributed by atoms with Crippen molar-refractivity contribution < 1.29 is 4.74 Å². The van der Waals surface area contributed by atoms with E-state index in [0.29, 0.717) is 5.17 Å². The highest BCUT2D eigenvalue weighted by Crippen LogP contribution is 2.12. The molecule has 0 aliphatic rings. The molecule has 0 saturated carbocycles. The molecule has 0 fully saturated rings. The van der Waals surface area contributed by atoms with Crippen molar-refractivity contribution in [3.63, 3.8) is 0 Å². The van der Waals surface area contributed by atoms with Gasteiger partial charge in [-0.1, -0.05) is 0 Å². The second-order valence-corrected chi connectivity index (χ2v) is 6.79. The number of thiocarbonyl (C=S) groups is 1. The number of halogens is 1. The third-order valence-corrected chi connectivity index (χ3v) is 3.13. The van der Waals surface area contributed by atoms with Gasteiger partial charge in [0, 0.05) is 29.8 Å². The van der Waals surface area contributed by atoms with Gasteiger partial charge in [-0.15, -0.1) is 0 Å². The molecule has 1 unspecified atom stereocenters. The Balaban J connectivity index is 2.24. The van der Waals surface area contributed by atoms with Crippen LogP contribution in [0.1, 0.15) is 39.4 Å². The quantitative estimate of drug-likeness (QED) is 0.624. The first-order valence-corrected chi connectivity index (χ1v) is 7.80. The van der Waals surface area contributed by atoms with Crippen LogP contribution in [0.25, 0.3) is 0 Å². The Morgan fingerprint density at radius 3 is 2.65 bits per heavy atom. The van der Waals surface area contributed by atoms with Gasteiger partial charge in [0.1, 0.15) is 5.60 Å². The maximum atomic E-state index is 5.52. The summed E-state index contributed by atoms with van der Waals surface area (Å²) < 4.78 is 6.50. The minimum absolute atomic E-state index is 0.196. The molecule has 112 valence electrons. The summed E-state index contributed by atoms with van der Waals surface area (Å²) in [5, 5.41) is 6.89. The van der Waals surface area contributed by atoms with Crippen LogP contribution in [-0.2, 0) is 4.74 Å². The largest absolute Gasteiger partial charge is 0.465 e. The Kier molecular flexibility index (Phi) is 6.85. The maximum Gasteiger partial charge on any atom is 0.257 e. The summed E-state index contributed by atoms with van der Waals surface area (Å²) in [6.45, 7) is 9.50. The number of nitrogens with zero attached hydrogens (tertiary/aromatic N) is 1. The molecule has 0 aliphatic heterocycles. The minimum Gasteiger partial charge on any atom is -0.465 e. The highest BCUT2D eigenvalue weighted by atomic mass is 79.9. The smallest absolute Gasteiger partial charge is 0.257 e. The normalized spacial score (nSPS) is 12.8. The summed E-state index contributed by atoms with van der Waals surface area (Å²) >= 11 is 8.49. The van der Waals surface area contributed by atoms with E-state index in [-0.39, 0.29) is 11.6 Å². The van der Waals surface area contributed by atoms with Crippen molar-refractivity contribution in [2.24, 2.45) is 0 Å². The van der Waals surface area contributed by atoms with Gasteiger partial charge in [0.05, 0.1) is 5.69 Å². The molecule has 1 aromatic rings. The van der Waals surface area contributed by atoms with Gasteiger partial charge in [-0.25, -0.2) is 0 Å². The molecule has 1 atom stereocenters. The van der Waals surface area contributed by atoms with E-state index in [1.54, 1.807) is 6.20 Å². The molecule has 0 aliphatic carbocycles. The van der Waals surface area contributed by atoms with Crippen molar-refractivity contribution in [3.8, 4) is 0 Å². The van der Waals surface area contributed by atoms with Crippen LogP contribution in [0.3, 0.4) is 0 Å². The zero-order valence-corrected chi connectivity index (χ0v) is 14.8. The number of rotatable bonds is 5. The Labute approximate surface area is 134 Å². The third-order valence-electron chi connectivity index (χ3n) is 2.44. The SMILES string of the molecule is CC(NCCNC(=S)OC(C)(C)C)c1ccc(Br)cn1. The van der Waals surface area contributed by atoms with E-state index in [4.69, 9.17) is 17.0 Å². The van der Waals surface area contributed by atoms with Crippen LogP contribution in [-0.4, -0.2) is 28.8 Å². The first-order chi connectivity index (χ1) is 9.28. The molecule has 20 heavy (non-hydrogen) atoms. The van der Waals surface area contributed by atoms with Crippen LogP contribution < -0.4 is 10.6 Å². The maximum absolute atomic E-state index is 5.52. The van der Waals surface area contributed by atoms with Crippen molar-refractivity contribution in [3.05, 3.63) is 28.5 Å². The van der Waals surface area contributed by atoms with E-state index < -0.39 is 0 Å². The van der Waals surface area contributed by atoms with E-state index >= 15 is 0 Å². The molecule has 6 heteroatoms. The molecular formula is C14H22BrN3OS. The molecule has 1 heterocycles. The minimum atomic E-state index is -0.258. The fraction of sp³-hybridized carbons (Fsp3) is 0.571. The average Bonchev–Trinajstić information content (AvgIpc) is 2.33. The second-order valence-electron chi connectivity index (χ2n) is 5.51. The van der Waals surface area contributed by atoms with Crippen LogP contribution in [0, 0.1) is 0 Å². The monoisotopic (exact) mass is 359 g/mol. The molecule has 0 radical (unpaired) electrons. The van der Waals surface area contributed by atoms with Crippen molar-refractivity contribution >= 4 is 33.3 Å². The number of hydrogen-bond acceptors (Lipinski definition) is 4. The zero-order valence-electron chi connectivity index (χ0n) is 12.4. The summed E-state index contributed by atoms with van der Waals surface area (Å²) in [4.78, 5) is 4.36. The lowest BCUT2D eigenvalue weighted by molar-refractivity contribution is 0.114. The van der Waals surface area contributed by atoms with Gasteiger partial charge in [-0.2, -0.15) is 0 Å².